The molecule has 2 amide bonds. The summed E-state index contributed by atoms with van der Waals surface area (Å²) < 4.78 is 37.8. The maximum Gasteiger partial charge on any atom is 0.412 e. The van der Waals surface area contributed by atoms with E-state index in [1.807, 2.05) is 45.9 Å². The minimum absolute atomic E-state index is 0.0638. The van der Waals surface area contributed by atoms with Crippen molar-refractivity contribution in [2.24, 2.45) is 0 Å². The third kappa shape index (κ3) is 6.25. The van der Waals surface area contributed by atoms with Crippen LogP contribution < -0.4 is 24.4 Å². The highest BCUT2D eigenvalue weighted by molar-refractivity contribution is 6.08. The van der Waals surface area contributed by atoms with Crippen LogP contribution in [0.1, 0.15) is 51.2 Å². The Kier molecular flexibility index (Phi) is 8.90. The van der Waals surface area contributed by atoms with Gasteiger partial charge in [0.25, 0.3) is 5.91 Å². The predicted molar refractivity (Wildman–Crippen MR) is 167 cm³/mol. The van der Waals surface area contributed by atoms with E-state index in [1.165, 1.54) is 12.1 Å². The molecule has 44 heavy (non-hydrogen) atoms. The third-order valence-corrected chi connectivity index (χ3v) is 8.09. The summed E-state index contributed by atoms with van der Waals surface area (Å²) in [6.45, 7) is 8.86. The Bertz CT molecular complexity index is 1550. The number of likely N-dealkylation sites (N-methyl/N-ethyl adjacent to an activating group) is 1. The smallest absolute Gasteiger partial charge is 0.412 e. The SMILES string of the molecule is CCC(OC(=O)N1CCCC1)Oc1ccc(-c2ccc3c(c2COc2cc(F)ccc2C)N(C)C(=O)C(C)(C)N3)c(OC)c1. The summed E-state index contributed by atoms with van der Waals surface area (Å²) in [6.07, 6.45) is 1.29. The Hall–Kier alpha value is -4.47. The Morgan fingerprint density at radius 2 is 1.77 bits per heavy atom. The molecule has 1 atom stereocenters. The Morgan fingerprint density at radius 3 is 2.48 bits per heavy atom. The first-order valence-corrected chi connectivity index (χ1v) is 14.9. The summed E-state index contributed by atoms with van der Waals surface area (Å²) in [5.74, 6) is 0.912. The second-order valence-corrected chi connectivity index (χ2v) is 11.7. The molecule has 9 nitrogen and oxygen atoms in total. The van der Waals surface area contributed by atoms with Crippen molar-refractivity contribution in [3.05, 3.63) is 65.5 Å². The first kappa shape index (κ1) is 31.0. The summed E-state index contributed by atoms with van der Waals surface area (Å²) >= 11 is 0. The van der Waals surface area contributed by atoms with Crippen LogP contribution in [0, 0.1) is 12.7 Å². The molecule has 0 aromatic heterocycles. The quantitative estimate of drug-likeness (QED) is 0.265. The van der Waals surface area contributed by atoms with E-state index in [0.717, 1.165) is 40.8 Å². The molecule has 2 aliphatic rings. The number of hydrogen-bond donors (Lipinski definition) is 1. The van der Waals surface area contributed by atoms with Crippen molar-refractivity contribution >= 4 is 23.4 Å². The monoisotopic (exact) mass is 605 g/mol. The van der Waals surface area contributed by atoms with Crippen molar-refractivity contribution in [1.82, 2.24) is 4.90 Å². The number of hydrogen-bond acceptors (Lipinski definition) is 7. The average Bonchev–Trinajstić information content (AvgIpc) is 3.55. The number of fused-ring (bicyclic) bond motifs is 1. The molecule has 1 unspecified atom stereocenters. The van der Waals surface area contributed by atoms with Gasteiger partial charge in [-0.3, -0.25) is 4.79 Å². The highest BCUT2D eigenvalue weighted by atomic mass is 19.1. The van der Waals surface area contributed by atoms with Gasteiger partial charge in [0.15, 0.2) is 0 Å². The fourth-order valence-corrected chi connectivity index (χ4v) is 5.71. The normalized spacial score (nSPS) is 16.2. The summed E-state index contributed by atoms with van der Waals surface area (Å²) in [6, 6.07) is 13.7. The van der Waals surface area contributed by atoms with Crippen LogP contribution in [0.5, 0.6) is 17.2 Å². The van der Waals surface area contributed by atoms with Crippen molar-refractivity contribution in [2.75, 3.05) is 37.5 Å². The van der Waals surface area contributed by atoms with Crippen LogP contribution in [-0.4, -0.2) is 56.0 Å². The molecule has 3 aromatic rings. The topological polar surface area (TPSA) is 89.6 Å². The zero-order valence-electron chi connectivity index (χ0n) is 26.2. The number of aryl methyl sites for hydroxylation is 1. The van der Waals surface area contributed by atoms with Gasteiger partial charge in [0.1, 0.15) is 35.2 Å². The molecule has 10 heteroatoms. The van der Waals surface area contributed by atoms with Gasteiger partial charge in [-0.1, -0.05) is 19.1 Å². The van der Waals surface area contributed by atoms with Crippen LogP contribution in [0.3, 0.4) is 0 Å². The number of ether oxygens (including phenoxy) is 4. The molecule has 2 heterocycles. The Balaban J connectivity index is 1.50. The number of methoxy groups -OCH3 is 1. The summed E-state index contributed by atoms with van der Waals surface area (Å²) in [7, 11) is 3.31. The summed E-state index contributed by atoms with van der Waals surface area (Å²) in [5.41, 5.74) is 3.67. The molecule has 5 rings (SSSR count). The molecule has 1 fully saturated rings. The molecule has 0 bridgehead atoms. The number of carbonyl (C=O) groups excluding carboxylic acids is 2. The number of amides is 2. The van der Waals surface area contributed by atoms with Crippen molar-refractivity contribution in [2.45, 2.75) is 65.4 Å². The van der Waals surface area contributed by atoms with E-state index < -0.39 is 17.6 Å². The highest BCUT2D eigenvalue weighted by Crippen LogP contribution is 2.45. The van der Waals surface area contributed by atoms with Crippen molar-refractivity contribution < 1.29 is 32.9 Å². The fourth-order valence-electron chi connectivity index (χ4n) is 5.71. The zero-order chi connectivity index (χ0) is 31.6. The molecule has 3 aromatic carbocycles. The number of halogens is 1. The van der Waals surface area contributed by atoms with Crippen LogP contribution >= 0.6 is 0 Å². The largest absolute Gasteiger partial charge is 0.496 e. The molecule has 0 aliphatic carbocycles. The van der Waals surface area contributed by atoms with Gasteiger partial charge in [0, 0.05) is 49.8 Å². The second kappa shape index (κ2) is 12.6. The van der Waals surface area contributed by atoms with E-state index in [0.29, 0.717) is 42.4 Å². The van der Waals surface area contributed by atoms with E-state index >= 15 is 0 Å². The van der Waals surface area contributed by atoms with Gasteiger partial charge >= 0.3 is 6.09 Å². The lowest BCUT2D eigenvalue weighted by Gasteiger charge is -2.39. The lowest BCUT2D eigenvalue weighted by molar-refractivity contribution is -0.121. The van der Waals surface area contributed by atoms with Crippen molar-refractivity contribution in [3.8, 4) is 28.4 Å². The minimum Gasteiger partial charge on any atom is -0.496 e. The van der Waals surface area contributed by atoms with Crippen molar-refractivity contribution in [3.63, 3.8) is 0 Å². The van der Waals surface area contributed by atoms with Gasteiger partial charge in [-0.25, -0.2) is 9.18 Å². The predicted octanol–water partition coefficient (Wildman–Crippen LogP) is 6.90. The lowest BCUT2D eigenvalue weighted by Crippen LogP contribution is -2.52. The molecule has 1 saturated heterocycles. The summed E-state index contributed by atoms with van der Waals surface area (Å²) in [5, 5.41) is 3.35. The third-order valence-electron chi connectivity index (χ3n) is 8.09. The van der Waals surface area contributed by atoms with E-state index in [9.17, 15) is 14.0 Å². The second-order valence-electron chi connectivity index (χ2n) is 11.7. The Morgan fingerprint density at radius 1 is 1.05 bits per heavy atom. The molecular formula is C34H40FN3O6. The number of carbonyl (C=O) groups is 2. The molecule has 0 saturated carbocycles. The van der Waals surface area contributed by atoms with Crippen LogP contribution in [0.2, 0.25) is 0 Å². The number of anilines is 2. The minimum atomic E-state index is -0.800. The van der Waals surface area contributed by atoms with Gasteiger partial charge in [0.05, 0.1) is 18.5 Å². The van der Waals surface area contributed by atoms with Gasteiger partial charge in [-0.05, 0) is 69.0 Å². The maximum absolute atomic E-state index is 14.1. The van der Waals surface area contributed by atoms with Crippen molar-refractivity contribution in [1.29, 1.82) is 0 Å². The first-order chi connectivity index (χ1) is 21.0. The Labute approximate surface area is 257 Å². The van der Waals surface area contributed by atoms with Gasteiger partial charge in [-0.2, -0.15) is 0 Å². The number of likely N-dealkylation sites (tertiary alicyclic amines) is 1. The number of benzene rings is 3. The van der Waals surface area contributed by atoms with E-state index in [1.54, 1.807) is 42.2 Å². The van der Waals surface area contributed by atoms with Crippen LogP contribution in [0.25, 0.3) is 11.1 Å². The zero-order valence-corrected chi connectivity index (χ0v) is 26.2. The van der Waals surface area contributed by atoms with E-state index in [4.69, 9.17) is 18.9 Å². The lowest BCUT2D eigenvalue weighted by atomic mass is 9.91. The average molecular weight is 606 g/mol. The van der Waals surface area contributed by atoms with E-state index in [2.05, 4.69) is 5.32 Å². The molecule has 1 N–H and O–H groups in total. The molecule has 0 spiro atoms. The number of nitrogens with zero attached hydrogens (tertiary/aromatic N) is 2. The van der Waals surface area contributed by atoms with Crippen LogP contribution in [0.4, 0.5) is 20.6 Å². The van der Waals surface area contributed by atoms with E-state index in [-0.39, 0.29) is 18.6 Å². The summed E-state index contributed by atoms with van der Waals surface area (Å²) in [4.78, 5) is 29.2. The maximum atomic E-state index is 14.1. The van der Waals surface area contributed by atoms with Gasteiger partial charge < -0.3 is 34.1 Å². The van der Waals surface area contributed by atoms with Gasteiger partial charge in [0.2, 0.25) is 6.29 Å². The first-order valence-electron chi connectivity index (χ1n) is 14.9. The molecule has 234 valence electrons. The molecule has 2 aliphatic heterocycles. The molecular weight excluding hydrogens is 565 g/mol. The number of rotatable bonds is 9. The standard InChI is InChI=1S/C34H40FN3O6/c1-7-30(44-33(40)38-16-8-9-17-38)43-23-12-13-25(29(19-23)41-6)24-14-15-27-31(37(5)32(39)34(3,4)36-27)26(24)20-42-28-18-22(35)11-10-21(28)2/h10-15,18-19,30,36H,7-9,16-17,20H2,1-6H3. The molecule has 0 radical (unpaired) electrons. The number of nitrogens with one attached hydrogen (secondary N) is 1. The van der Waals surface area contributed by atoms with Crippen LogP contribution in [-0.2, 0) is 16.1 Å². The fraction of sp³-hybridized carbons (Fsp3) is 0.412. The van der Waals surface area contributed by atoms with Gasteiger partial charge in [-0.15, -0.1) is 0 Å². The highest BCUT2D eigenvalue weighted by Gasteiger charge is 2.39. The van der Waals surface area contributed by atoms with Crippen LogP contribution in [0.15, 0.2) is 48.5 Å².